The molecule has 38 heavy (non-hydrogen) atoms. The minimum atomic E-state index is -0.133. The molecule has 2 aromatic heterocycles. The van der Waals surface area contributed by atoms with Crippen LogP contribution in [0, 0.1) is 0 Å². The van der Waals surface area contributed by atoms with Crippen LogP contribution in [0.2, 0.25) is 5.02 Å². The maximum Gasteiger partial charge on any atom is 0.289 e. The lowest BCUT2D eigenvalue weighted by molar-refractivity contribution is -0.133. The number of carbonyl (C=O) groups is 2. The molecule has 0 aliphatic carbocycles. The van der Waals surface area contributed by atoms with Gasteiger partial charge in [0.05, 0.1) is 6.26 Å². The van der Waals surface area contributed by atoms with E-state index in [1.807, 2.05) is 71.0 Å². The van der Waals surface area contributed by atoms with E-state index in [1.54, 1.807) is 28.8 Å². The molecule has 0 saturated carbocycles. The summed E-state index contributed by atoms with van der Waals surface area (Å²) in [5, 5.41) is 10.4. The molecule has 1 unspecified atom stereocenters. The molecule has 0 spiro atoms. The first kappa shape index (κ1) is 26.1. The number of amides is 2. The zero-order valence-electron chi connectivity index (χ0n) is 21.0. The van der Waals surface area contributed by atoms with Gasteiger partial charge >= 0.3 is 0 Å². The van der Waals surface area contributed by atoms with Crippen molar-refractivity contribution in [2.75, 3.05) is 25.4 Å². The third-order valence-electron chi connectivity index (χ3n) is 6.49. The summed E-state index contributed by atoms with van der Waals surface area (Å²) in [6, 6.07) is 20.8. The maximum atomic E-state index is 12.9. The van der Waals surface area contributed by atoms with Crippen molar-refractivity contribution in [3.8, 4) is 17.1 Å². The summed E-state index contributed by atoms with van der Waals surface area (Å²) in [6.07, 6.45) is 2.65. The van der Waals surface area contributed by atoms with Gasteiger partial charge < -0.3 is 14.2 Å². The highest BCUT2D eigenvalue weighted by Crippen LogP contribution is 2.29. The number of nitrogens with zero attached hydrogens (tertiary/aromatic N) is 5. The van der Waals surface area contributed by atoms with Crippen LogP contribution >= 0.6 is 23.4 Å². The smallest absolute Gasteiger partial charge is 0.289 e. The molecule has 196 valence electrons. The Morgan fingerprint density at radius 1 is 1.03 bits per heavy atom. The van der Waals surface area contributed by atoms with E-state index in [9.17, 15) is 9.59 Å². The molecule has 2 aromatic carbocycles. The molecule has 1 saturated heterocycles. The van der Waals surface area contributed by atoms with Crippen molar-refractivity contribution in [2.24, 2.45) is 0 Å². The summed E-state index contributed by atoms with van der Waals surface area (Å²) >= 11 is 7.66. The molecule has 0 N–H and O–H groups in total. The van der Waals surface area contributed by atoms with E-state index in [1.165, 1.54) is 6.26 Å². The Balaban J connectivity index is 1.18. The number of benzene rings is 2. The Kier molecular flexibility index (Phi) is 8.14. The molecule has 1 fully saturated rings. The summed E-state index contributed by atoms with van der Waals surface area (Å²) in [4.78, 5) is 29.2. The first-order valence-corrected chi connectivity index (χ1v) is 13.9. The highest BCUT2D eigenvalue weighted by molar-refractivity contribution is 7.99. The van der Waals surface area contributed by atoms with Gasteiger partial charge in [0.2, 0.25) is 5.91 Å². The molecule has 1 aliphatic rings. The van der Waals surface area contributed by atoms with E-state index >= 15 is 0 Å². The largest absolute Gasteiger partial charge is 0.459 e. The summed E-state index contributed by atoms with van der Waals surface area (Å²) in [5.74, 6) is 1.77. The van der Waals surface area contributed by atoms with Crippen LogP contribution in [-0.4, -0.2) is 67.8 Å². The SMILES string of the molecule is CC1CN(C(=O)CCCSc2nnc(-c3ccc(Cl)cc3)n2-c2ccccc2)CCN1C(=O)c1ccco1. The number of aromatic nitrogens is 3. The van der Waals surface area contributed by atoms with Gasteiger partial charge in [0.25, 0.3) is 5.91 Å². The van der Waals surface area contributed by atoms with Gasteiger partial charge in [0.15, 0.2) is 16.7 Å². The van der Waals surface area contributed by atoms with Gasteiger partial charge in [-0.25, -0.2) is 0 Å². The fourth-order valence-electron chi connectivity index (χ4n) is 4.53. The number of rotatable bonds is 8. The summed E-state index contributed by atoms with van der Waals surface area (Å²) in [6.45, 7) is 3.50. The monoisotopic (exact) mass is 549 g/mol. The Hall–Kier alpha value is -3.56. The van der Waals surface area contributed by atoms with Crippen LogP contribution in [0.4, 0.5) is 0 Å². The Morgan fingerprint density at radius 3 is 2.53 bits per heavy atom. The second-order valence-corrected chi connectivity index (χ2v) is 10.6. The second kappa shape index (κ2) is 11.9. The van der Waals surface area contributed by atoms with Crippen molar-refractivity contribution in [2.45, 2.75) is 31.0 Å². The van der Waals surface area contributed by atoms with Crippen LogP contribution in [0.15, 0.2) is 82.6 Å². The topological polar surface area (TPSA) is 84.5 Å². The van der Waals surface area contributed by atoms with Gasteiger partial charge in [0.1, 0.15) is 0 Å². The fourth-order valence-corrected chi connectivity index (χ4v) is 5.55. The van der Waals surface area contributed by atoms with Crippen LogP contribution < -0.4 is 0 Å². The third kappa shape index (κ3) is 5.79. The molecular formula is C28H28ClN5O3S. The van der Waals surface area contributed by atoms with Crippen molar-refractivity contribution in [3.63, 3.8) is 0 Å². The molecule has 8 nitrogen and oxygen atoms in total. The summed E-state index contributed by atoms with van der Waals surface area (Å²) in [5.41, 5.74) is 1.89. The van der Waals surface area contributed by atoms with Crippen molar-refractivity contribution in [1.29, 1.82) is 0 Å². The molecule has 10 heteroatoms. The third-order valence-corrected chi connectivity index (χ3v) is 7.76. The van der Waals surface area contributed by atoms with Gasteiger partial charge in [-0.3, -0.25) is 14.2 Å². The van der Waals surface area contributed by atoms with Gasteiger partial charge in [-0.2, -0.15) is 0 Å². The normalized spacial score (nSPS) is 15.6. The van der Waals surface area contributed by atoms with Gasteiger partial charge in [-0.15, -0.1) is 10.2 Å². The minimum Gasteiger partial charge on any atom is -0.459 e. The lowest BCUT2D eigenvalue weighted by Crippen LogP contribution is -2.55. The molecular weight excluding hydrogens is 522 g/mol. The van der Waals surface area contributed by atoms with Gasteiger partial charge in [-0.1, -0.05) is 41.6 Å². The van der Waals surface area contributed by atoms with E-state index < -0.39 is 0 Å². The Bertz CT molecular complexity index is 1380. The summed E-state index contributed by atoms with van der Waals surface area (Å²) in [7, 11) is 0. The molecule has 0 bridgehead atoms. The van der Waals surface area contributed by atoms with Crippen molar-refractivity contribution in [3.05, 3.63) is 83.8 Å². The molecule has 5 rings (SSSR count). The maximum absolute atomic E-state index is 12.9. The van der Waals surface area contributed by atoms with Crippen LogP contribution in [0.3, 0.4) is 0 Å². The number of carbonyl (C=O) groups excluding carboxylic acids is 2. The Labute approximate surface area is 230 Å². The van der Waals surface area contributed by atoms with Crippen LogP contribution in [0.5, 0.6) is 0 Å². The van der Waals surface area contributed by atoms with Gasteiger partial charge in [-0.05, 0) is 61.9 Å². The number of thioether (sulfide) groups is 1. The van der Waals surface area contributed by atoms with Crippen molar-refractivity contribution in [1.82, 2.24) is 24.6 Å². The minimum absolute atomic E-state index is 0.0737. The highest BCUT2D eigenvalue weighted by Gasteiger charge is 2.31. The predicted molar refractivity (Wildman–Crippen MR) is 148 cm³/mol. The van der Waals surface area contributed by atoms with Crippen molar-refractivity contribution >= 4 is 35.2 Å². The van der Waals surface area contributed by atoms with E-state index in [-0.39, 0.29) is 17.9 Å². The first-order chi connectivity index (χ1) is 18.5. The van der Waals surface area contributed by atoms with E-state index in [0.29, 0.717) is 43.3 Å². The first-order valence-electron chi connectivity index (χ1n) is 12.5. The van der Waals surface area contributed by atoms with Gasteiger partial charge in [0, 0.05) is 54.1 Å². The molecule has 0 radical (unpaired) electrons. The molecule has 3 heterocycles. The second-order valence-electron chi connectivity index (χ2n) is 9.10. The van der Waals surface area contributed by atoms with E-state index in [2.05, 4.69) is 10.2 Å². The van der Waals surface area contributed by atoms with E-state index in [4.69, 9.17) is 16.0 Å². The Morgan fingerprint density at radius 2 is 1.82 bits per heavy atom. The van der Waals surface area contributed by atoms with E-state index in [0.717, 1.165) is 28.0 Å². The zero-order valence-corrected chi connectivity index (χ0v) is 22.6. The fraction of sp³-hybridized carbons (Fsp3) is 0.286. The van der Waals surface area contributed by atoms with Crippen LogP contribution in [0.1, 0.15) is 30.3 Å². The van der Waals surface area contributed by atoms with Crippen molar-refractivity contribution < 1.29 is 14.0 Å². The number of halogens is 1. The molecule has 2 amide bonds. The lowest BCUT2D eigenvalue weighted by atomic mass is 10.1. The average Bonchev–Trinajstić information content (AvgIpc) is 3.62. The number of para-hydroxylation sites is 1. The molecule has 4 aromatic rings. The van der Waals surface area contributed by atoms with Crippen LogP contribution in [-0.2, 0) is 4.79 Å². The predicted octanol–water partition coefficient (Wildman–Crippen LogP) is 5.43. The molecule has 1 atom stereocenters. The summed E-state index contributed by atoms with van der Waals surface area (Å²) < 4.78 is 7.28. The number of hydrogen-bond acceptors (Lipinski definition) is 6. The van der Waals surface area contributed by atoms with Crippen LogP contribution in [0.25, 0.3) is 17.1 Å². The number of furan rings is 1. The molecule has 1 aliphatic heterocycles. The average molecular weight is 550 g/mol. The highest BCUT2D eigenvalue weighted by atomic mass is 35.5. The quantitative estimate of drug-likeness (QED) is 0.215. The number of hydrogen-bond donors (Lipinski definition) is 0. The lowest BCUT2D eigenvalue weighted by Gasteiger charge is -2.39. The zero-order chi connectivity index (χ0) is 26.5. The standard InChI is InChI=1S/C28H28ClN5O3S/c1-20-19-32(15-16-33(20)27(36)24-9-5-17-37-24)25(35)10-6-18-38-28-31-30-26(21-11-13-22(29)14-12-21)34(28)23-7-3-2-4-8-23/h2-5,7-9,11-14,17,20H,6,10,15-16,18-19H2,1H3. The number of piperazine rings is 1.